The summed E-state index contributed by atoms with van der Waals surface area (Å²) < 4.78 is 1.49. The first-order valence-electron chi connectivity index (χ1n) is 3.74. The van der Waals surface area contributed by atoms with E-state index in [4.69, 9.17) is 0 Å². The van der Waals surface area contributed by atoms with Crippen molar-refractivity contribution in [1.82, 2.24) is 0 Å². The Balaban J connectivity index is 0. The van der Waals surface area contributed by atoms with E-state index in [1.807, 2.05) is 0 Å². The minimum absolute atomic E-state index is 0. The largest absolute Gasteiger partial charge is 1.00 e. The second-order valence-electron chi connectivity index (χ2n) is 3.17. The van der Waals surface area contributed by atoms with Crippen LogP contribution < -0.4 is 24.8 Å². The van der Waals surface area contributed by atoms with E-state index in [2.05, 4.69) is 47.3 Å². The van der Waals surface area contributed by atoms with Gasteiger partial charge >= 0.3 is 74.6 Å². The molecular formula is C9H13Cl2Ti. The summed E-state index contributed by atoms with van der Waals surface area (Å²) in [5, 5.41) is 0. The minimum atomic E-state index is 0. The molecule has 3 heteroatoms. The molecule has 1 aliphatic rings. The maximum atomic E-state index is 2.32. The van der Waals surface area contributed by atoms with Crippen LogP contribution in [0.4, 0.5) is 0 Å². The van der Waals surface area contributed by atoms with Crippen LogP contribution in [0.25, 0.3) is 0 Å². The number of halogens is 2. The quantitative estimate of drug-likeness (QED) is 0.423. The first-order valence-corrected chi connectivity index (χ1v) is 4.52. The fraction of sp³-hybridized carbons (Fsp3) is 0.556. The van der Waals surface area contributed by atoms with Gasteiger partial charge in [-0.25, -0.2) is 0 Å². The smallest absolute Gasteiger partial charge is 1.00 e. The van der Waals surface area contributed by atoms with Crippen LogP contribution in [0.5, 0.6) is 0 Å². The molecule has 0 amide bonds. The minimum Gasteiger partial charge on any atom is -1.00 e. The second-order valence-corrected chi connectivity index (χ2v) is 4.01. The molecule has 67 valence electrons. The third-order valence-electron chi connectivity index (χ3n) is 1.94. The van der Waals surface area contributed by atoms with Crippen molar-refractivity contribution >= 4 is 0 Å². The van der Waals surface area contributed by atoms with Gasteiger partial charge in [0.2, 0.25) is 0 Å². The molecule has 0 unspecified atom stereocenters. The van der Waals surface area contributed by atoms with E-state index in [0.29, 0.717) is 5.92 Å². The van der Waals surface area contributed by atoms with Crippen molar-refractivity contribution in [1.29, 1.82) is 0 Å². The number of hydrogen-bond donors (Lipinski definition) is 0. The Morgan fingerprint density at radius 1 is 1.33 bits per heavy atom. The van der Waals surface area contributed by atoms with Crippen molar-refractivity contribution < 1.29 is 45.2 Å². The Morgan fingerprint density at radius 3 is 2.00 bits per heavy atom. The van der Waals surface area contributed by atoms with Crippen molar-refractivity contribution in [3.05, 3.63) is 21.1 Å². The predicted molar refractivity (Wildman–Crippen MR) is 40.2 cm³/mol. The van der Waals surface area contributed by atoms with Crippen LogP contribution in [0.3, 0.4) is 0 Å². The number of rotatable bonds is 1. The summed E-state index contributed by atoms with van der Waals surface area (Å²) in [7, 11) is 0. The predicted octanol–water partition coefficient (Wildman–Crippen LogP) is -3.20. The number of hydrogen-bond acceptors (Lipinski definition) is 0. The van der Waals surface area contributed by atoms with Gasteiger partial charge in [0.05, 0.1) is 0 Å². The van der Waals surface area contributed by atoms with Gasteiger partial charge in [0, 0.05) is 0 Å². The molecule has 0 aromatic carbocycles. The van der Waals surface area contributed by atoms with Gasteiger partial charge in [-0.2, -0.15) is 0 Å². The third-order valence-corrected chi connectivity index (χ3v) is 2.68. The molecule has 12 heavy (non-hydrogen) atoms. The van der Waals surface area contributed by atoms with Gasteiger partial charge in [0.1, 0.15) is 0 Å². The molecule has 0 nitrogen and oxygen atoms in total. The van der Waals surface area contributed by atoms with Gasteiger partial charge in [-0.05, 0) is 0 Å². The third kappa shape index (κ3) is 3.26. The molecule has 0 spiro atoms. The van der Waals surface area contributed by atoms with Gasteiger partial charge < -0.3 is 24.8 Å². The first kappa shape index (κ1) is 15.3. The maximum Gasteiger partial charge on any atom is -1.00 e. The Bertz CT molecular complexity index is 205. The van der Waals surface area contributed by atoms with Crippen LogP contribution in [0.15, 0.2) is 21.1 Å². The summed E-state index contributed by atoms with van der Waals surface area (Å²) in [6.07, 6.45) is 3.50. The molecule has 0 aliphatic heterocycles. The Morgan fingerprint density at radius 2 is 1.83 bits per heavy atom. The molecule has 0 heterocycles. The van der Waals surface area contributed by atoms with Crippen LogP contribution in [-0.2, 0) is 20.4 Å². The fourth-order valence-electron chi connectivity index (χ4n) is 1.51. The molecule has 0 aromatic rings. The molecular weight excluding hydrogens is 227 g/mol. The van der Waals surface area contributed by atoms with Crippen molar-refractivity contribution in [3.63, 3.8) is 0 Å². The summed E-state index contributed by atoms with van der Waals surface area (Å²) in [6, 6.07) is 0. The average Bonchev–Trinajstić information content (AvgIpc) is 2.11. The van der Waals surface area contributed by atoms with E-state index in [9.17, 15) is 0 Å². The van der Waals surface area contributed by atoms with Crippen molar-refractivity contribution in [2.24, 2.45) is 5.92 Å². The summed E-state index contributed by atoms with van der Waals surface area (Å²) in [6.45, 7) is 6.77. The molecule has 0 radical (unpaired) electrons. The van der Waals surface area contributed by atoms with Crippen LogP contribution >= 0.6 is 0 Å². The van der Waals surface area contributed by atoms with Gasteiger partial charge in [0.15, 0.2) is 0 Å². The Kier molecular flexibility index (Phi) is 7.96. The van der Waals surface area contributed by atoms with Crippen LogP contribution in [0, 0.1) is 5.92 Å². The van der Waals surface area contributed by atoms with Gasteiger partial charge in [-0.15, -0.1) is 0 Å². The van der Waals surface area contributed by atoms with E-state index in [-0.39, 0.29) is 24.8 Å². The molecule has 0 aromatic heterocycles. The van der Waals surface area contributed by atoms with E-state index >= 15 is 0 Å². The second kappa shape index (κ2) is 6.26. The molecule has 1 rings (SSSR count). The van der Waals surface area contributed by atoms with Gasteiger partial charge in [-0.3, -0.25) is 0 Å². The zero-order valence-corrected chi connectivity index (χ0v) is 10.7. The standard InChI is InChI=1S/C9H13.2ClH.Ti/c1-7(2)9-6-4-5-8(9)3;;;/h4,7H,5H2,1-3H3;2*1H;/q;;;+2/p-2. The van der Waals surface area contributed by atoms with Gasteiger partial charge in [0.25, 0.3) is 0 Å². The van der Waals surface area contributed by atoms with E-state index in [1.54, 1.807) is 11.1 Å². The van der Waals surface area contributed by atoms with Crippen molar-refractivity contribution in [2.45, 2.75) is 27.2 Å². The SMILES string of the molecule is CC1=C(C(C)C)[C]([Ti+2])=CC1.[Cl-].[Cl-]. The maximum absolute atomic E-state index is 2.32. The first-order chi connectivity index (χ1) is 4.63. The monoisotopic (exact) mass is 239 g/mol. The van der Waals surface area contributed by atoms with Crippen LogP contribution in [-0.4, -0.2) is 0 Å². The molecule has 0 N–H and O–H groups in total. The summed E-state index contributed by atoms with van der Waals surface area (Å²) in [4.78, 5) is 0. The van der Waals surface area contributed by atoms with E-state index in [0.717, 1.165) is 0 Å². The van der Waals surface area contributed by atoms with Crippen molar-refractivity contribution in [3.8, 4) is 0 Å². The normalized spacial score (nSPS) is 15.7. The van der Waals surface area contributed by atoms with Crippen LogP contribution in [0.2, 0.25) is 0 Å². The molecule has 1 aliphatic carbocycles. The van der Waals surface area contributed by atoms with E-state index in [1.165, 1.54) is 10.3 Å². The molecule has 0 bridgehead atoms. The van der Waals surface area contributed by atoms with Crippen LogP contribution in [0.1, 0.15) is 27.2 Å². The Hall–Kier alpha value is 0.774. The zero-order valence-electron chi connectivity index (χ0n) is 7.62. The van der Waals surface area contributed by atoms with Crippen molar-refractivity contribution in [2.75, 3.05) is 0 Å². The topological polar surface area (TPSA) is 0 Å². The summed E-state index contributed by atoms with van der Waals surface area (Å²) in [5.74, 6) is 0.707. The molecule has 0 saturated heterocycles. The molecule has 0 fully saturated rings. The van der Waals surface area contributed by atoms with Gasteiger partial charge in [-0.1, -0.05) is 0 Å². The summed E-state index contributed by atoms with van der Waals surface area (Å²) in [5.41, 5.74) is 3.15. The Labute approximate surface area is 99.1 Å². The number of allylic oxidation sites excluding steroid dienone is 4. The molecule has 0 saturated carbocycles. The zero-order chi connectivity index (χ0) is 7.72. The van der Waals surface area contributed by atoms with E-state index < -0.39 is 0 Å². The fourth-order valence-corrected chi connectivity index (χ4v) is 2.45. The average molecular weight is 240 g/mol. The summed E-state index contributed by atoms with van der Waals surface area (Å²) >= 11 is 2.21. The molecule has 0 atom stereocenters.